The Balaban J connectivity index is 1.65. The summed E-state index contributed by atoms with van der Waals surface area (Å²) in [6.45, 7) is 6.84. The van der Waals surface area contributed by atoms with Crippen molar-refractivity contribution in [1.29, 1.82) is 0 Å². The van der Waals surface area contributed by atoms with E-state index in [9.17, 15) is 4.79 Å². The topological polar surface area (TPSA) is 44.8 Å². The van der Waals surface area contributed by atoms with Gasteiger partial charge in [0, 0.05) is 31.7 Å². The quantitative estimate of drug-likeness (QED) is 0.824. The number of nitrogens with one attached hydrogen (secondary N) is 1. The number of nitrogens with zero attached hydrogens (tertiary/aromatic N) is 2. The molecule has 0 bridgehead atoms. The first-order valence-corrected chi connectivity index (χ1v) is 9.63. The summed E-state index contributed by atoms with van der Waals surface area (Å²) in [5.74, 6) is 0.674. The van der Waals surface area contributed by atoms with Gasteiger partial charge in [0.05, 0.1) is 12.8 Å². The molecule has 1 aliphatic heterocycles. The van der Waals surface area contributed by atoms with E-state index >= 15 is 0 Å². The van der Waals surface area contributed by atoms with Crippen molar-refractivity contribution in [3.63, 3.8) is 0 Å². The molecule has 1 N–H and O–H groups in total. The number of hydrogen-bond acceptors (Lipinski definition) is 3. The number of methoxy groups -OCH3 is 1. The summed E-state index contributed by atoms with van der Waals surface area (Å²) >= 11 is 0. The Kier molecular flexibility index (Phi) is 6.35. The lowest BCUT2D eigenvalue weighted by Crippen LogP contribution is -2.44. The molecular formula is C22H29N3O2. The zero-order valence-corrected chi connectivity index (χ0v) is 16.4. The van der Waals surface area contributed by atoms with Crippen molar-refractivity contribution in [2.45, 2.75) is 32.4 Å². The summed E-state index contributed by atoms with van der Waals surface area (Å²) in [5.41, 5.74) is 2.02. The van der Waals surface area contributed by atoms with E-state index in [1.807, 2.05) is 42.2 Å². The molecule has 2 aromatic carbocycles. The van der Waals surface area contributed by atoms with Gasteiger partial charge in [0.2, 0.25) is 0 Å². The maximum Gasteiger partial charge on any atom is 0.322 e. The standard InChI is InChI=1S/C22H29N3O2/c1-4-25(22(26)23-20-12-8-9-13-21(20)27-3)19-14-15-24(16-19)17(2)18-10-6-5-7-11-18/h5-13,17,19H,4,14-16H2,1-3H3,(H,23,26)/t17-,19-/m0/s1. The number of likely N-dealkylation sites (tertiary alicyclic amines) is 1. The fourth-order valence-corrected chi connectivity index (χ4v) is 3.82. The van der Waals surface area contributed by atoms with Gasteiger partial charge in [-0.25, -0.2) is 4.79 Å². The molecule has 1 aliphatic rings. The summed E-state index contributed by atoms with van der Waals surface area (Å²) in [7, 11) is 1.61. The molecular weight excluding hydrogens is 338 g/mol. The fourth-order valence-electron chi connectivity index (χ4n) is 3.82. The third-order valence-electron chi connectivity index (χ3n) is 5.42. The Labute approximate surface area is 161 Å². The maximum atomic E-state index is 12.9. The van der Waals surface area contributed by atoms with Crippen LogP contribution in [0.4, 0.5) is 10.5 Å². The first kappa shape index (κ1) is 19.2. The van der Waals surface area contributed by atoms with Crippen LogP contribution in [0.3, 0.4) is 0 Å². The molecule has 27 heavy (non-hydrogen) atoms. The maximum absolute atomic E-state index is 12.9. The largest absolute Gasteiger partial charge is 0.495 e. The molecule has 0 radical (unpaired) electrons. The molecule has 2 atom stereocenters. The van der Waals surface area contributed by atoms with E-state index in [0.717, 1.165) is 19.5 Å². The van der Waals surface area contributed by atoms with Crippen LogP contribution in [-0.2, 0) is 0 Å². The third kappa shape index (κ3) is 4.42. The van der Waals surface area contributed by atoms with Gasteiger partial charge in [-0.2, -0.15) is 0 Å². The van der Waals surface area contributed by atoms with Gasteiger partial charge in [0.1, 0.15) is 5.75 Å². The Morgan fingerprint density at radius 2 is 1.93 bits per heavy atom. The van der Waals surface area contributed by atoms with Crippen molar-refractivity contribution in [2.75, 3.05) is 32.1 Å². The first-order chi connectivity index (χ1) is 13.1. The minimum absolute atomic E-state index is 0.0683. The van der Waals surface area contributed by atoms with Crippen LogP contribution in [0.5, 0.6) is 5.75 Å². The second-order valence-corrected chi connectivity index (χ2v) is 6.94. The van der Waals surface area contributed by atoms with Crippen LogP contribution in [-0.4, -0.2) is 48.6 Å². The molecule has 0 unspecified atom stereocenters. The minimum Gasteiger partial charge on any atom is -0.495 e. The van der Waals surface area contributed by atoms with Gasteiger partial charge in [0.25, 0.3) is 0 Å². The fraction of sp³-hybridized carbons (Fsp3) is 0.409. The van der Waals surface area contributed by atoms with E-state index in [1.165, 1.54) is 5.56 Å². The lowest BCUT2D eigenvalue weighted by atomic mass is 10.1. The molecule has 1 heterocycles. The third-order valence-corrected chi connectivity index (χ3v) is 5.42. The molecule has 0 saturated carbocycles. The Hall–Kier alpha value is -2.53. The van der Waals surface area contributed by atoms with E-state index < -0.39 is 0 Å². The number of hydrogen-bond donors (Lipinski definition) is 1. The molecule has 0 spiro atoms. The van der Waals surface area contributed by atoms with Gasteiger partial charge < -0.3 is 15.0 Å². The van der Waals surface area contributed by atoms with Gasteiger partial charge in [-0.05, 0) is 38.0 Å². The second kappa shape index (κ2) is 8.91. The van der Waals surface area contributed by atoms with Crippen molar-refractivity contribution in [3.8, 4) is 5.75 Å². The van der Waals surface area contributed by atoms with E-state index in [4.69, 9.17) is 4.74 Å². The predicted octanol–water partition coefficient (Wildman–Crippen LogP) is 4.38. The molecule has 144 valence electrons. The monoisotopic (exact) mass is 367 g/mol. The molecule has 0 aliphatic carbocycles. The summed E-state index contributed by atoms with van der Waals surface area (Å²) in [4.78, 5) is 17.3. The summed E-state index contributed by atoms with van der Waals surface area (Å²) in [6, 6.07) is 18.6. The van der Waals surface area contributed by atoms with Gasteiger partial charge >= 0.3 is 6.03 Å². The molecule has 1 saturated heterocycles. The highest BCUT2D eigenvalue weighted by atomic mass is 16.5. The number of likely N-dealkylation sites (N-methyl/N-ethyl adjacent to an activating group) is 1. The number of benzene rings is 2. The average Bonchev–Trinajstić information content (AvgIpc) is 3.18. The summed E-state index contributed by atoms with van der Waals surface area (Å²) in [6.07, 6.45) is 0.990. The lowest BCUT2D eigenvalue weighted by Gasteiger charge is -2.30. The number of amides is 2. The molecule has 5 heteroatoms. The Morgan fingerprint density at radius 1 is 1.22 bits per heavy atom. The molecule has 2 aromatic rings. The van der Waals surface area contributed by atoms with Crippen LogP contribution in [0.15, 0.2) is 54.6 Å². The minimum atomic E-state index is -0.0683. The number of carbonyl (C=O) groups excluding carboxylic acids is 1. The van der Waals surface area contributed by atoms with E-state index in [-0.39, 0.29) is 12.1 Å². The SMILES string of the molecule is CCN(C(=O)Nc1ccccc1OC)[C@H]1CCN([C@@H](C)c2ccccc2)C1. The lowest BCUT2D eigenvalue weighted by molar-refractivity contribution is 0.183. The van der Waals surface area contributed by atoms with Crippen LogP contribution in [0, 0.1) is 0 Å². The first-order valence-electron chi connectivity index (χ1n) is 9.63. The Morgan fingerprint density at radius 3 is 2.63 bits per heavy atom. The normalized spacial score (nSPS) is 18.1. The highest BCUT2D eigenvalue weighted by molar-refractivity contribution is 5.91. The van der Waals surface area contributed by atoms with Crippen molar-refractivity contribution in [1.82, 2.24) is 9.80 Å². The van der Waals surface area contributed by atoms with Crippen molar-refractivity contribution in [2.24, 2.45) is 0 Å². The van der Waals surface area contributed by atoms with Crippen molar-refractivity contribution < 1.29 is 9.53 Å². The average molecular weight is 367 g/mol. The Bertz CT molecular complexity index is 750. The molecule has 2 amide bonds. The predicted molar refractivity (Wildman–Crippen MR) is 109 cm³/mol. The van der Waals surface area contributed by atoms with Crippen molar-refractivity contribution >= 4 is 11.7 Å². The van der Waals surface area contributed by atoms with Crippen LogP contribution in [0.2, 0.25) is 0 Å². The number of ether oxygens (including phenoxy) is 1. The zero-order valence-electron chi connectivity index (χ0n) is 16.4. The number of rotatable bonds is 6. The van der Waals surface area contributed by atoms with Crippen LogP contribution in [0.1, 0.15) is 31.9 Å². The van der Waals surface area contributed by atoms with E-state index in [2.05, 4.69) is 41.4 Å². The molecule has 0 aromatic heterocycles. The molecule has 1 fully saturated rings. The summed E-state index contributed by atoms with van der Waals surface area (Å²) < 4.78 is 5.34. The zero-order chi connectivity index (χ0) is 19.2. The van der Waals surface area contributed by atoms with Gasteiger partial charge in [0.15, 0.2) is 0 Å². The number of carbonyl (C=O) groups is 1. The number of urea groups is 1. The highest BCUT2D eigenvalue weighted by Gasteiger charge is 2.32. The van der Waals surface area contributed by atoms with Crippen molar-refractivity contribution in [3.05, 3.63) is 60.2 Å². The van der Waals surface area contributed by atoms with Gasteiger partial charge in [-0.3, -0.25) is 4.90 Å². The van der Waals surface area contributed by atoms with Crippen LogP contribution in [0.25, 0.3) is 0 Å². The van der Waals surface area contributed by atoms with Gasteiger partial charge in [-0.15, -0.1) is 0 Å². The molecule has 3 rings (SSSR count). The van der Waals surface area contributed by atoms with Gasteiger partial charge in [-0.1, -0.05) is 42.5 Å². The molecule has 5 nitrogen and oxygen atoms in total. The summed E-state index contributed by atoms with van der Waals surface area (Å²) in [5, 5.41) is 3.01. The second-order valence-electron chi connectivity index (χ2n) is 6.94. The highest BCUT2D eigenvalue weighted by Crippen LogP contribution is 2.28. The van der Waals surface area contributed by atoms with Crippen LogP contribution >= 0.6 is 0 Å². The smallest absolute Gasteiger partial charge is 0.322 e. The number of para-hydroxylation sites is 2. The number of anilines is 1. The van der Waals surface area contributed by atoms with E-state index in [0.29, 0.717) is 24.0 Å². The van der Waals surface area contributed by atoms with Crippen LogP contribution < -0.4 is 10.1 Å². The van der Waals surface area contributed by atoms with E-state index in [1.54, 1.807) is 7.11 Å².